The number of hydrogen-bond donors (Lipinski definition) is 2. The van der Waals surface area contributed by atoms with Crippen molar-refractivity contribution < 1.29 is 19.4 Å². The molecule has 5 nitrogen and oxygen atoms in total. The molecular weight excluding hydrogens is 330 g/mol. The van der Waals surface area contributed by atoms with Crippen LogP contribution >= 0.6 is 11.6 Å². The van der Waals surface area contributed by atoms with E-state index in [0.29, 0.717) is 36.3 Å². The van der Waals surface area contributed by atoms with Gasteiger partial charge in [0, 0.05) is 12.2 Å². The normalized spacial score (nSPS) is 10.3. The third kappa shape index (κ3) is 4.55. The van der Waals surface area contributed by atoms with Crippen molar-refractivity contribution >= 4 is 23.3 Å². The van der Waals surface area contributed by atoms with Crippen molar-refractivity contribution in [3.05, 3.63) is 52.5 Å². The second kappa shape index (κ2) is 8.45. The molecule has 0 bridgehead atoms. The molecule has 0 spiro atoms. The van der Waals surface area contributed by atoms with E-state index in [1.54, 1.807) is 24.3 Å². The van der Waals surface area contributed by atoms with E-state index in [1.165, 1.54) is 0 Å². The van der Waals surface area contributed by atoms with Crippen LogP contribution in [0.3, 0.4) is 0 Å². The number of carbonyl (C=O) groups is 1. The maximum Gasteiger partial charge on any atom is 0.335 e. The minimum absolute atomic E-state index is 0.253. The van der Waals surface area contributed by atoms with E-state index in [0.717, 1.165) is 11.3 Å². The van der Waals surface area contributed by atoms with Gasteiger partial charge >= 0.3 is 5.97 Å². The smallest absolute Gasteiger partial charge is 0.335 e. The predicted molar refractivity (Wildman–Crippen MR) is 94.5 cm³/mol. The number of halogens is 1. The number of carboxylic acids is 1. The Morgan fingerprint density at radius 2 is 1.79 bits per heavy atom. The first-order valence-electron chi connectivity index (χ1n) is 7.70. The molecule has 0 aromatic heterocycles. The summed E-state index contributed by atoms with van der Waals surface area (Å²) in [5.41, 5.74) is 2.01. The van der Waals surface area contributed by atoms with Gasteiger partial charge in [-0.05, 0) is 55.8 Å². The van der Waals surface area contributed by atoms with Gasteiger partial charge in [0.1, 0.15) is 0 Å². The minimum atomic E-state index is -0.943. The lowest BCUT2D eigenvalue weighted by Gasteiger charge is -2.15. The van der Waals surface area contributed by atoms with Gasteiger partial charge in [-0.2, -0.15) is 0 Å². The summed E-state index contributed by atoms with van der Waals surface area (Å²) < 4.78 is 11.1. The van der Waals surface area contributed by atoms with Gasteiger partial charge in [-0.1, -0.05) is 11.6 Å². The molecule has 0 fully saturated rings. The zero-order chi connectivity index (χ0) is 17.5. The highest BCUT2D eigenvalue weighted by Crippen LogP contribution is 2.36. The minimum Gasteiger partial charge on any atom is -0.490 e. The van der Waals surface area contributed by atoms with Crippen molar-refractivity contribution in [1.82, 2.24) is 0 Å². The Balaban J connectivity index is 2.12. The molecule has 6 heteroatoms. The number of benzene rings is 2. The van der Waals surface area contributed by atoms with E-state index in [9.17, 15) is 4.79 Å². The summed E-state index contributed by atoms with van der Waals surface area (Å²) >= 11 is 6.29. The first kappa shape index (κ1) is 17.9. The van der Waals surface area contributed by atoms with E-state index in [-0.39, 0.29) is 5.56 Å². The summed E-state index contributed by atoms with van der Waals surface area (Å²) in [6.45, 7) is 5.34. The topological polar surface area (TPSA) is 67.8 Å². The Labute approximate surface area is 146 Å². The van der Waals surface area contributed by atoms with Crippen molar-refractivity contribution in [3.63, 3.8) is 0 Å². The highest BCUT2D eigenvalue weighted by Gasteiger charge is 2.12. The number of hydrogen-bond acceptors (Lipinski definition) is 4. The average Bonchev–Trinajstić information content (AvgIpc) is 2.56. The lowest BCUT2D eigenvalue weighted by atomic mass is 10.1. The first-order chi connectivity index (χ1) is 11.5. The molecule has 2 N–H and O–H groups in total. The lowest BCUT2D eigenvalue weighted by Crippen LogP contribution is -2.04. The zero-order valence-electron chi connectivity index (χ0n) is 13.6. The quantitative estimate of drug-likeness (QED) is 0.737. The van der Waals surface area contributed by atoms with Crippen molar-refractivity contribution in [1.29, 1.82) is 0 Å². The molecule has 0 aliphatic carbocycles. The second-order valence-corrected chi connectivity index (χ2v) is 5.41. The van der Waals surface area contributed by atoms with Gasteiger partial charge in [0.2, 0.25) is 0 Å². The van der Waals surface area contributed by atoms with Crippen LogP contribution in [0.2, 0.25) is 5.02 Å². The fourth-order valence-electron chi connectivity index (χ4n) is 2.21. The molecule has 0 aliphatic rings. The third-order valence-electron chi connectivity index (χ3n) is 3.29. The van der Waals surface area contributed by atoms with Gasteiger partial charge in [-0.15, -0.1) is 0 Å². The number of anilines is 1. The molecule has 2 aromatic rings. The molecule has 24 heavy (non-hydrogen) atoms. The maximum absolute atomic E-state index is 10.9. The van der Waals surface area contributed by atoms with Crippen molar-refractivity contribution in [2.45, 2.75) is 20.4 Å². The van der Waals surface area contributed by atoms with Crippen LogP contribution in [0.4, 0.5) is 5.69 Å². The van der Waals surface area contributed by atoms with Crippen LogP contribution < -0.4 is 14.8 Å². The van der Waals surface area contributed by atoms with Crippen LogP contribution in [-0.4, -0.2) is 24.3 Å². The summed E-state index contributed by atoms with van der Waals surface area (Å²) in [6, 6.07) is 10.3. The Bertz CT molecular complexity index is 701. The largest absolute Gasteiger partial charge is 0.490 e. The van der Waals surface area contributed by atoms with E-state index >= 15 is 0 Å². The fourth-order valence-corrected chi connectivity index (χ4v) is 2.49. The Kier molecular flexibility index (Phi) is 6.32. The summed E-state index contributed by atoms with van der Waals surface area (Å²) in [5.74, 6) is 0.224. The van der Waals surface area contributed by atoms with Crippen LogP contribution in [0, 0.1) is 0 Å². The van der Waals surface area contributed by atoms with Gasteiger partial charge in [0.15, 0.2) is 11.5 Å². The molecule has 0 aliphatic heterocycles. The summed E-state index contributed by atoms with van der Waals surface area (Å²) in [6.07, 6.45) is 0. The molecule has 128 valence electrons. The first-order valence-corrected chi connectivity index (χ1v) is 8.08. The van der Waals surface area contributed by atoms with Crippen LogP contribution in [0.1, 0.15) is 29.8 Å². The molecule has 0 radical (unpaired) electrons. The number of aromatic carboxylic acids is 1. The van der Waals surface area contributed by atoms with Crippen LogP contribution in [0.25, 0.3) is 0 Å². The highest BCUT2D eigenvalue weighted by atomic mass is 35.5. The lowest BCUT2D eigenvalue weighted by molar-refractivity contribution is 0.0697. The third-order valence-corrected chi connectivity index (χ3v) is 3.57. The molecule has 0 heterocycles. The SMILES string of the molecule is CCOc1cc(CNc2ccc(C(=O)O)cc2)cc(Cl)c1OCC. The standard InChI is InChI=1S/C18H20ClNO4/c1-3-23-16-10-12(9-15(19)17(16)24-4-2)11-20-14-7-5-13(6-8-14)18(21)22/h5-10,20H,3-4,11H2,1-2H3,(H,21,22). The van der Waals surface area contributed by atoms with Crippen LogP contribution in [0.5, 0.6) is 11.5 Å². The van der Waals surface area contributed by atoms with Crippen LogP contribution in [-0.2, 0) is 6.54 Å². The molecule has 0 saturated heterocycles. The van der Waals surface area contributed by atoms with Gasteiger partial charge in [0.25, 0.3) is 0 Å². The van der Waals surface area contributed by atoms with Crippen LogP contribution in [0.15, 0.2) is 36.4 Å². The molecule has 2 rings (SSSR count). The van der Waals surface area contributed by atoms with E-state index in [2.05, 4.69) is 5.32 Å². The fraction of sp³-hybridized carbons (Fsp3) is 0.278. The molecule has 0 atom stereocenters. The molecule has 0 saturated carbocycles. The molecular formula is C18H20ClNO4. The van der Waals surface area contributed by atoms with Crippen molar-refractivity contribution in [3.8, 4) is 11.5 Å². The number of carboxylic acid groups (broad SMARTS) is 1. The predicted octanol–water partition coefficient (Wildman–Crippen LogP) is 4.45. The molecule has 2 aromatic carbocycles. The summed E-state index contributed by atoms with van der Waals surface area (Å²) in [7, 11) is 0. The Morgan fingerprint density at radius 1 is 1.12 bits per heavy atom. The van der Waals surface area contributed by atoms with E-state index in [1.807, 2.05) is 26.0 Å². The van der Waals surface area contributed by atoms with Gasteiger partial charge in [0.05, 0.1) is 23.8 Å². The summed E-state index contributed by atoms with van der Waals surface area (Å²) in [4.78, 5) is 10.9. The Hall–Kier alpha value is -2.40. The van der Waals surface area contributed by atoms with Crippen molar-refractivity contribution in [2.75, 3.05) is 18.5 Å². The van der Waals surface area contributed by atoms with Gasteiger partial charge in [-0.25, -0.2) is 4.79 Å². The van der Waals surface area contributed by atoms with E-state index in [4.69, 9.17) is 26.2 Å². The highest BCUT2D eigenvalue weighted by molar-refractivity contribution is 6.32. The summed E-state index contributed by atoms with van der Waals surface area (Å²) in [5, 5.41) is 12.6. The number of nitrogens with one attached hydrogen (secondary N) is 1. The van der Waals surface area contributed by atoms with Gasteiger partial charge < -0.3 is 19.9 Å². The maximum atomic E-state index is 10.9. The molecule has 0 amide bonds. The van der Waals surface area contributed by atoms with E-state index < -0.39 is 5.97 Å². The average molecular weight is 350 g/mol. The Morgan fingerprint density at radius 3 is 2.38 bits per heavy atom. The monoisotopic (exact) mass is 349 g/mol. The number of ether oxygens (including phenoxy) is 2. The van der Waals surface area contributed by atoms with Gasteiger partial charge in [-0.3, -0.25) is 0 Å². The van der Waals surface area contributed by atoms with Crippen molar-refractivity contribution in [2.24, 2.45) is 0 Å². The molecule has 0 unspecified atom stereocenters. The zero-order valence-corrected chi connectivity index (χ0v) is 14.4. The number of rotatable bonds is 8. The second-order valence-electron chi connectivity index (χ2n) is 5.01.